The summed E-state index contributed by atoms with van der Waals surface area (Å²) in [5.41, 5.74) is 2.18. The number of aromatic nitrogens is 3. The van der Waals surface area contributed by atoms with Gasteiger partial charge in [-0.1, -0.05) is 6.92 Å². The van der Waals surface area contributed by atoms with E-state index in [1.54, 1.807) is 13.3 Å². The van der Waals surface area contributed by atoms with Crippen LogP contribution in [0.4, 0.5) is 5.82 Å². The van der Waals surface area contributed by atoms with Crippen LogP contribution in [-0.2, 0) is 11.3 Å². The fourth-order valence-corrected chi connectivity index (χ4v) is 2.89. The second-order valence-corrected chi connectivity index (χ2v) is 6.17. The van der Waals surface area contributed by atoms with Crippen molar-refractivity contribution in [2.45, 2.75) is 20.4 Å². The number of aromatic amines is 1. The van der Waals surface area contributed by atoms with E-state index in [1.165, 1.54) is 5.69 Å². The molecule has 0 saturated heterocycles. The third-order valence-corrected chi connectivity index (χ3v) is 4.39. The summed E-state index contributed by atoms with van der Waals surface area (Å²) in [6, 6.07) is 3.84. The molecule has 0 spiro atoms. The summed E-state index contributed by atoms with van der Waals surface area (Å²) >= 11 is 0. The van der Waals surface area contributed by atoms with Crippen LogP contribution in [0.2, 0.25) is 0 Å². The van der Waals surface area contributed by atoms with Crippen molar-refractivity contribution in [1.29, 1.82) is 0 Å². The molecule has 2 aromatic heterocycles. The largest absolute Gasteiger partial charge is 0.475 e. The third-order valence-electron chi connectivity index (χ3n) is 4.39. The van der Waals surface area contributed by atoms with E-state index in [1.807, 2.05) is 24.3 Å². The van der Waals surface area contributed by atoms with Crippen LogP contribution < -0.4 is 9.64 Å². The van der Waals surface area contributed by atoms with Gasteiger partial charge in [0.15, 0.2) is 5.82 Å². The van der Waals surface area contributed by atoms with Crippen LogP contribution in [-0.4, -0.2) is 59.9 Å². The van der Waals surface area contributed by atoms with Crippen molar-refractivity contribution < 1.29 is 9.47 Å². The number of anilines is 1. The summed E-state index contributed by atoms with van der Waals surface area (Å²) in [7, 11) is 1.65. The van der Waals surface area contributed by atoms with Gasteiger partial charge in [0.1, 0.15) is 12.4 Å². The van der Waals surface area contributed by atoms with Crippen molar-refractivity contribution >= 4 is 18.0 Å². The highest BCUT2D eigenvalue weighted by Crippen LogP contribution is 2.25. The predicted molar refractivity (Wildman–Crippen MR) is 103 cm³/mol. The zero-order chi connectivity index (χ0) is 18.4. The number of ether oxygens (including phenoxy) is 2. The van der Waals surface area contributed by atoms with Crippen molar-refractivity contribution in [2.24, 2.45) is 0 Å². The number of hydrogen-bond donors (Lipinski definition) is 1. The first kappa shape index (κ1) is 18.4. The average molecular weight is 357 g/mol. The molecule has 0 atom stereocenters. The first-order valence-electron chi connectivity index (χ1n) is 9.05. The van der Waals surface area contributed by atoms with E-state index in [0.717, 1.165) is 43.5 Å². The molecule has 0 unspecified atom stereocenters. The minimum Gasteiger partial charge on any atom is -0.475 e. The Bertz CT molecular complexity index is 726. The molecule has 0 amide bonds. The summed E-state index contributed by atoms with van der Waals surface area (Å²) in [6.45, 7) is 9.23. The number of pyridine rings is 1. The topological polar surface area (TPSA) is 66.5 Å². The molecule has 7 heteroatoms. The van der Waals surface area contributed by atoms with Gasteiger partial charge in [-0.3, -0.25) is 4.90 Å². The molecule has 3 rings (SSSR count). The lowest BCUT2D eigenvalue weighted by atomic mass is 10.2. The van der Waals surface area contributed by atoms with Gasteiger partial charge >= 0.3 is 0 Å². The second-order valence-electron chi connectivity index (χ2n) is 6.17. The molecule has 26 heavy (non-hydrogen) atoms. The Morgan fingerprint density at radius 2 is 2.08 bits per heavy atom. The molecule has 1 N–H and O–H groups in total. The fraction of sp³-hybridized carbons (Fsp3) is 0.474. The molecule has 0 bridgehead atoms. The number of nitrogens with one attached hydrogen (secondary N) is 1. The lowest BCUT2D eigenvalue weighted by molar-refractivity contribution is 0.144. The fourth-order valence-electron chi connectivity index (χ4n) is 2.89. The number of methoxy groups -OCH3 is 1. The standard InChI is InChI=1S/C19H27N5O2/c1-4-23-13-16-19(24(5-2)14-23)22-17(21-16)8-6-15-7-9-18(20-12-15)26-11-10-25-3/h6-9,12H,4-5,10-11,13-14H2,1-3H3,(H,21,22)/b8-6+. The molecule has 3 heterocycles. The highest BCUT2D eigenvalue weighted by atomic mass is 16.5. The van der Waals surface area contributed by atoms with Crippen LogP contribution in [0.3, 0.4) is 0 Å². The molecule has 0 fully saturated rings. The van der Waals surface area contributed by atoms with Gasteiger partial charge in [-0.05, 0) is 37.3 Å². The van der Waals surface area contributed by atoms with Crippen LogP contribution in [0.25, 0.3) is 12.2 Å². The number of nitrogens with zero attached hydrogens (tertiary/aromatic N) is 4. The van der Waals surface area contributed by atoms with Crippen LogP contribution in [0, 0.1) is 0 Å². The normalized spacial score (nSPS) is 14.8. The van der Waals surface area contributed by atoms with Crippen LogP contribution in [0.5, 0.6) is 5.88 Å². The Morgan fingerprint density at radius 3 is 2.77 bits per heavy atom. The van der Waals surface area contributed by atoms with Gasteiger partial charge in [-0.2, -0.15) is 0 Å². The first-order chi connectivity index (χ1) is 12.7. The minimum absolute atomic E-state index is 0.499. The van der Waals surface area contributed by atoms with Crippen molar-refractivity contribution in [3.8, 4) is 5.88 Å². The van der Waals surface area contributed by atoms with Crippen LogP contribution >= 0.6 is 0 Å². The molecule has 0 saturated carbocycles. The van der Waals surface area contributed by atoms with Gasteiger partial charge in [0.05, 0.1) is 19.0 Å². The summed E-state index contributed by atoms with van der Waals surface area (Å²) in [5.74, 6) is 2.54. The van der Waals surface area contributed by atoms with Gasteiger partial charge in [0.25, 0.3) is 0 Å². The summed E-state index contributed by atoms with van der Waals surface area (Å²) in [6.07, 6.45) is 5.79. The Kier molecular flexibility index (Phi) is 6.25. The van der Waals surface area contributed by atoms with E-state index < -0.39 is 0 Å². The third kappa shape index (κ3) is 4.42. The lowest BCUT2D eigenvalue weighted by Crippen LogP contribution is -2.42. The number of H-pyrrole nitrogens is 1. The van der Waals surface area contributed by atoms with E-state index in [9.17, 15) is 0 Å². The Morgan fingerprint density at radius 1 is 1.19 bits per heavy atom. The highest BCUT2D eigenvalue weighted by Gasteiger charge is 2.23. The molecular weight excluding hydrogens is 330 g/mol. The maximum Gasteiger partial charge on any atom is 0.213 e. The van der Waals surface area contributed by atoms with E-state index in [2.05, 4.69) is 33.6 Å². The number of hydrogen-bond acceptors (Lipinski definition) is 6. The Hall–Kier alpha value is -2.38. The quantitative estimate of drug-likeness (QED) is 0.733. The molecule has 140 valence electrons. The molecule has 0 aliphatic carbocycles. The zero-order valence-corrected chi connectivity index (χ0v) is 15.7. The number of fused-ring (bicyclic) bond motifs is 1. The molecule has 1 aliphatic heterocycles. The van der Waals surface area contributed by atoms with Gasteiger partial charge in [0, 0.05) is 32.5 Å². The predicted octanol–water partition coefficient (Wildman–Crippen LogP) is 2.62. The molecule has 2 aromatic rings. The van der Waals surface area contributed by atoms with E-state index in [-0.39, 0.29) is 0 Å². The van der Waals surface area contributed by atoms with Crippen molar-refractivity contribution in [3.63, 3.8) is 0 Å². The Balaban J connectivity index is 1.67. The number of imidazole rings is 1. The molecule has 0 radical (unpaired) electrons. The smallest absolute Gasteiger partial charge is 0.213 e. The summed E-state index contributed by atoms with van der Waals surface area (Å²) < 4.78 is 10.4. The average Bonchev–Trinajstić information content (AvgIpc) is 3.09. The van der Waals surface area contributed by atoms with Crippen LogP contribution in [0.15, 0.2) is 18.3 Å². The van der Waals surface area contributed by atoms with E-state index in [4.69, 9.17) is 14.5 Å². The second kappa shape index (κ2) is 8.82. The summed E-state index contributed by atoms with van der Waals surface area (Å²) in [5, 5.41) is 0. The van der Waals surface area contributed by atoms with Crippen LogP contribution in [0.1, 0.15) is 30.9 Å². The maximum atomic E-state index is 5.48. The molecule has 7 nitrogen and oxygen atoms in total. The van der Waals surface area contributed by atoms with Gasteiger partial charge in [-0.25, -0.2) is 9.97 Å². The van der Waals surface area contributed by atoms with Gasteiger partial charge in [-0.15, -0.1) is 0 Å². The molecule has 1 aliphatic rings. The molecule has 0 aromatic carbocycles. The van der Waals surface area contributed by atoms with Crippen molar-refractivity contribution in [2.75, 3.05) is 45.0 Å². The first-order valence-corrected chi connectivity index (χ1v) is 9.05. The monoisotopic (exact) mass is 357 g/mol. The minimum atomic E-state index is 0.499. The maximum absolute atomic E-state index is 5.48. The lowest BCUT2D eigenvalue weighted by Gasteiger charge is -2.34. The van der Waals surface area contributed by atoms with Crippen molar-refractivity contribution in [3.05, 3.63) is 35.4 Å². The molecular formula is C19H27N5O2. The van der Waals surface area contributed by atoms with Gasteiger partial charge < -0.3 is 19.4 Å². The van der Waals surface area contributed by atoms with E-state index >= 15 is 0 Å². The van der Waals surface area contributed by atoms with Crippen molar-refractivity contribution in [1.82, 2.24) is 19.9 Å². The SMILES string of the molecule is CCN1Cc2[nH]c(/C=C/c3ccc(OCCOC)nc3)nc2N(CC)C1. The number of rotatable bonds is 8. The Labute approximate surface area is 154 Å². The van der Waals surface area contributed by atoms with Gasteiger partial charge in [0.2, 0.25) is 5.88 Å². The zero-order valence-electron chi connectivity index (χ0n) is 15.7. The van der Waals surface area contributed by atoms with E-state index in [0.29, 0.717) is 19.1 Å². The summed E-state index contributed by atoms with van der Waals surface area (Å²) in [4.78, 5) is 17.2. The highest BCUT2D eigenvalue weighted by molar-refractivity contribution is 5.67.